The quantitative estimate of drug-likeness (QED) is 0.457. The fraction of sp³-hybridized carbons (Fsp3) is 0.588. The second-order valence-electron chi connectivity index (χ2n) is 6.15. The lowest BCUT2D eigenvalue weighted by Crippen LogP contribution is -2.37. The van der Waals surface area contributed by atoms with Gasteiger partial charge in [-0.3, -0.25) is 4.99 Å². The van der Waals surface area contributed by atoms with Gasteiger partial charge in [0.25, 0.3) is 0 Å². The summed E-state index contributed by atoms with van der Waals surface area (Å²) in [5, 5.41) is 3.14. The Morgan fingerprint density at radius 3 is 2.38 bits per heavy atom. The van der Waals surface area contributed by atoms with Crippen LogP contribution in [0.25, 0.3) is 0 Å². The maximum Gasteiger partial charge on any atom is 0.188 e. The third-order valence-corrected chi connectivity index (χ3v) is 4.07. The number of halogens is 1. The van der Waals surface area contributed by atoms with Crippen molar-refractivity contribution in [1.29, 1.82) is 0 Å². The Morgan fingerprint density at radius 1 is 1.19 bits per heavy atom. The Kier molecular flexibility index (Phi) is 8.07. The minimum absolute atomic E-state index is 0. The monoisotopic (exact) mass is 401 g/mol. The molecule has 4 heteroatoms. The molecule has 1 aromatic rings. The molecule has 1 saturated carbocycles. The molecule has 0 amide bonds. The van der Waals surface area contributed by atoms with Gasteiger partial charge >= 0.3 is 0 Å². The van der Waals surface area contributed by atoms with Crippen LogP contribution in [-0.4, -0.2) is 18.5 Å². The molecule has 1 aliphatic carbocycles. The van der Waals surface area contributed by atoms with E-state index in [2.05, 4.69) is 54.5 Å². The van der Waals surface area contributed by atoms with Gasteiger partial charge in [0, 0.05) is 12.6 Å². The van der Waals surface area contributed by atoms with Gasteiger partial charge in [0.05, 0.1) is 0 Å². The lowest BCUT2D eigenvalue weighted by molar-refractivity contribution is 0.333. The minimum atomic E-state index is 0. The van der Waals surface area contributed by atoms with Crippen molar-refractivity contribution in [3.8, 4) is 0 Å². The van der Waals surface area contributed by atoms with E-state index in [1.807, 2.05) is 0 Å². The average Bonchev–Trinajstić information content (AvgIpc) is 2.46. The Balaban J connectivity index is 0.00000220. The van der Waals surface area contributed by atoms with Crippen molar-refractivity contribution in [3.05, 3.63) is 35.9 Å². The molecule has 0 aromatic heterocycles. The Hall–Kier alpha value is -0.780. The molecule has 0 unspecified atom stereocenters. The van der Waals surface area contributed by atoms with Crippen molar-refractivity contribution >= 4 is 29.9 Å². The van der Waals surface area contributed by atoms with Gasteiger partial charge in [0.1, 0.15) is 0 Å². The number of nitrogens with zero attached hydrogens (tertiary/aromatic N) is 1. The molecule has 1 fully saturated rings. The molecule has 0 radical (unpaired) electrons. The van der Waals surface area contributed by atoms with E-state index in [0.717, 1.165) is 12.5 Å². The molecule has 21 heavy (non-hydrogen) atoms. The van der Waals surface area contributed by atoms with E-state index in [1.165, 1.54) is 31.2 Å². The molecule has 0 atom stereocenters. The van der Waals surface area contributed by atoms with Crippen LogP contribution >= 0.6 is 24.0 Å². The minimum Gasteiger partial charge on any atom is -0.370 e. The van der Waals surface area contributed by atoms with Crippen molar-refractivity contribution in [2.75, 3.05) is 6.54 Å². The van der Waals surface area contributed by atoms with E-state index in [9.17, 15) is 0 Å². The van der Waals surface area contributed by atoms with E-state index >= 15 is 0 Å². The van der Waals surface area contributed by atoms with Crippen LogP contribution < -0.4 is 11.1 Å². The smallest absolute Gasteiger partial charge is 0.188 e. The highest BCUT2D eigenvalue weighted by Gasteiger charge is 2.21. The fourth-order valence-corrected chi connectivity index (χ4v) is 2.97. The summed E-state index contributed by atoms with van der Waals surface area (Å²) < 4.78 is 0. The first-order valence-electron chi connectivity index (χ1n) is 7.76. The Morgan fingerprint density at radius 2 is 1.81 bits per heavy atom. The highest BCUT2D eigenvalue weighted by atomic mass is 127. The van der Waals surface area contributed by atoms with E-state index in [-0.39, 0.29) is 24.0 Å². The standard InChI is InChI=1S/C17H27N3.HI/c1-13(2)20-17(18)19-12-14-8-10-16(11-9-14)15-6-4-3-5-7-15;/h3-7,13-14,16H,8-12H2,1-2H3,(H3,18,19,20);1H. The van der Waals surface area contributed by atoms with Crippen LogP contribution in [0.15, 0.2) is 35.3 Å². The Bertz CT molecular complexity index is 423. The van der Waals surface area contributed by atoms with Crippen molar-refractivity contribution < 1.29 is 0 Å². The number of aliphatic imine (C=N–C) groups is 1. The van der Waals surface area contributed by atoms with Gasteiger partial charge in [-0.25, -0.2) is 0 Å². The van der Waals surface area contributed by atoms with Crippen molar-refractivity contribution in [2.45, 2.75) is 51.5 Å². The maximum absolute atomic E-state index is 5.85. The fourth-order valence-electron chi connectivity index (χ4n) is 2.97. The molecule has 0 saturated heterocycles. The second kappa shape index (κ2) is 9.28. The van der Waals surface area contributed by atoms with Gasteiger partial charge in [-0.15, -0.1) is 24.0 Å². The van der Waals surface area contributed by atoms with Crippen LogP contribution in [0.1, 0.15) is 51.0 Å². The number of hydrogen-bond donors (Lipinski definition) is 2. The van der Waals surface area contributed by atoms with Crippen LogP contribution in [0, 0.1) is 5.92 Å². The number of hydrogen-bond acceptors (Lipinski definition) is 1. The van der Waals surface area contributed by atoms with Gasteiger partial charge in [-0.1, -0.05) is 30.3 Å². The van der Waals surface area contributed by atoms with Crippen molar-refractivity contribution in [1.82, 2.24) is 5.32 Å². The summed E-state index contributed by atoms with van der Waals surface area (Å²) in [5.74, 6) is 2.02. The summed E-state index contributed by atoms with van der Waals surface area (Å²) in [6.07, 6.45) is 5.08. The molecular formula is C17H28IN3. The van der Waals surface area contributed by atoms with Gasteiger partial charge < -0.3 is 11.1 Å². The van der Waals surface area contributed by atoms with E-state index in [1.54, 1.807) is 0 Å². The summed E-state index contributed by atoms with van der Waals surface area (Å²) >= 11 is 0. The lowest BCUT2D eigenvalue weighted by Gasteiger charge is -2.28. The van der Waals surface area contributed by atoms with Crippen LogP contribution in [0.3, 0.4) is 0 Å². The summed E-state index contributed by atoms with van der Waals surface area (Å²) in [7, 11) is 0. The SMILES string of the molecule is CC(C)NC(N)=NCC1CCC(c2ccccc2)CC1.I. The second-order valence-corrected chi connectivity index (χ2v) is 6.15. The molecule has 0 aliphatic heterocycles. The number of nitrogens with one attached hydrogen (secondary N) is 1. The topological polar surface area (TPSA) is 50.4 Å². The molecule has 0 spiro atoms. The zero-order valence-corrected chi connectivity index (χ0v) is 15.4. The van der Waals surface area contributed by atoms with Crippen molar-refractivity contribution in [3.63, 3.8) is 0 Å². The molecule has 1 aromatic carbocycles. The summed E-state index contributed by atoms with van der Waals surface area (Å²) in [6.45, 7) is 5.02. The van der Waals surface area contributed by atoms with Gasteiger partial charge in [0.2, 0.25) is 0 Å². The predicted octanol–water partition coefficient (Wildman–Crippen LogP) is 3.89. The summed E-state index contributed by atoms with van der Waals surface area (Å²) in [6, 6.07) is 11.2. The van der Waals surface area contributed by atoms with Gasteiger partial charge in [0.15, 0.2) is 5.96 Å². The summed E-state index contributed by atoms with van der Waals surface area (Å²) in [4.78, 5) is 4.47. The first-order chi connectivity index (χ1) is 9.65. The first kappa shape index (κ1) is 18.3. The maximum atomic E-state index is 5.85. The molecule has 118 valence electrons. The zero-order chi connectivity index (χ0) is 14.4. The highest BCUT2D eigenvalue weighted by Crippen LogP contribution is 2.35. The van der Waals surface area contributed by atoms with Crippen LogP contribution in [0.4, 0.5) is 0 Å². The molecule has 3 N–H and O–H groups in total. The van der Waals surface area contributed by atoms with Gasteiger partial charge in [-0.05, 0) is 56.9 Å². The molecular weight excluding hydrogens is 373 g/mol. The largest absolute Gasteiger partial charge is 0.370 e. The number of nitrogens with two attached hydrogens (primary N) is 1. The zero-order valence-electron chi connectivity index (χ0n) is 13.1. The normalized spacial score (nSPS) is 22.7. The Labute approximate surface area is 145 Å². The first-order valence-corrected chi connectivity index (χ1v) is 7.76. The summed E-state index contributed by atoms with van der Waals surface area (Å²) in [5.41, 5.74) is 7.34. The number of benzene rings is 1. The van der Waals surface area contributed by atoms with E-state index in [0.29, 0.717) is 17.9 Å². The molecule has 0 heterocycles. The van der Waals surface area contributed by atoms with Crippen molar-refractivity contribution in [2.24, 2.45) is 16.6 Å². The molecule has 1 aliphatic rings. The van der Waals surface area contributed by atoms with E-state index in [4.69, 9.17) is 5.73 Å². The average molecular weight is 401 g/mol. The molecule has 0 bridgehead atoms. The molecule has 2 rings (SSSR count). The van der Waals surface area contributed by atoms with Crippen LogP contribution in [-0.2, 0) is 0 Å². The highest BCUT2D eigenvalue weighted by molar-refractivity contribution is 14.0. The third kappa shape index (κ3) is 6.24. The van der Waals surface area contributed by atoms with E-state index < -0.39 is 0 Å². The van der Waals surface area contributed by atoms with Gasteiger partial charge in [-0.2, -0.15) is 0 Å². The van der Waals surface area contributed by atoms with Crippen LogP contribution in [0.5, 0.6) is 0 Å². The molecule has 3 nitrogen and oxygen atoms in total. The lowest BCUT2D eigenvalue weighted by atomic mass is 9.79. The number of rotatable bonds is 4. The number of guanidine groups is 1. The van der Waals surface area contributed by atoms with Crippen LogP contribution in [0.2, 0.25) is 0 Å². The predicted molar refractivity (Wildman–Crippen MR) is 101 cm³/mol. The third-order valence-electron chi connectivity index (χ3n) is 4.07.